The van der Waals surface area contributed by atoms with E-state index in [2.05, 4.69) is 17.4 Å². The van der Waals surface area contributed by atoms with Gasteiger partial charge in [-0.25, -0.2) is 0 Å². The Morgan fingerprint density at radius 2 is 2.06 bits per heavy atom. The van der Waals surface area contributed by atoms with Crippen molar-refractivity contribution in [2.45, 2.75) is 32.3 Å². The Balaban J connectivity index is 2.15. The molecule has 0 aromatic heterocycles. The van der Waals surface area contributed by atoms with Crippen LogP contribution in [0.1, 0.15) is 25.3 Å². The lowest BCUT2D eigenvalue weighted by Gasteiger charge is -2.08. The van der Waals surface area contributed by atoms with Gasteiger partial charge in [-0.2, -0.15) is 0 Å². The topological polar surface area (TPSA) is 49.3 Å². The number of aliphatic hydroxyl groups excluding tert-OH is 1. The minimum absolute atomic E-state index is 0.268. The third kappa shape index (κ3) is 4.45. The van der Waals surface area contributed by atoms with Gasteiger partial charge in [-0.05, 0) is 24.8 Å². The number of rotatable bonds is 6. The molecule has 1 aromatic carbocycles. The lowest BCUT2D eigenvalue weighted by molar-refractivity contribution is -0.129. The van der Waals surface area contributed by atoms with Crippen LogP contribution in [0.15, 0.2) is 30.3 Å². The van der Waals surface area contributed by atoms with E-state index in [1.807, 2.05) is 18.2 Å². The number of nitrogens with one attached hydrogen (secondary N) is 1. The maximum atomic E-state index is 11.2. The maximum absolute atomic E-state index is 11.2. The Morgan fingerprint density at radius 1 is 1.38 bits per heavy atom. The van der Waals surface area contributed by atoms with Gasteiger partial charge in [0.2, 0.25) is 5.91 Å². The van der Waals surface area contributed by atoms with Crippen molar-refractivity contribution in [2.75, 3.05) is 6.54 Å². The van der Waals surface area contributed by atoms with Gasteiger partial charge in [0.1, 0.15) is 6.10 Å². The lowest BCUT2D eigenvalue weighted by atomic mass is 10.1. The highest BCUT2D eigenvalue weighted by Crippen LogP contribution is 2.01. The Morgan fingerprint density at radius 3 is 2.69 bits per heavy atom. The molecule has 1 unspecified atom stereocenters. The first-order valence-electron chi connectivity index (χ1n) is 5.73. The van der Waals surface area contributed by atoms with Crippen LogP contribution in [0.4, 0.5) is 0 Å². The van der Waals surface area contributed by atoms with Gasteiger partial charge in [-0.3, -0.25) is 4.79 Å². The van der Waals surface area contributed by atoms with Gasteiger partial charge in [-0.15, -0.1) is 0 Å². The molecule has 0 aliphatic heterocycles. The van der Waals surface area contributed by atoms with Crippen LogP contribution in [0.3, 0.4) is 0 Å². The van der Waals surface area contributed by atoms with Gasteiger partial charge in [0.25, 0.3) is 0 Å². The van der Waals surface area contributed by atoms with E-state index in [1.54, 1.807) is 6.92 Å². The predicted octanol–water partition coefficient (Wildman–Crippen LogP) is 1.51. The Labute approximate surface area is 96.5 Å². The molecule has 0 bridgehead atoms. The molecule has 1 aromatic rings. The summed E-state index contributed by atoms with van der Waals surface area (Å²) >= 11 is 0. The third-order valence-corrected chi connectivity index (χ3v) is 2.47. The Kier molecular flexibility index (Phi) is 5.57. The van der Waals surface area contributed by atoms with Crippen molar-refractivity contribution in [1.82, 2.24) is 5.32 Å². The SMILES string of the molecule is CCC(O)C(=O)NCCCc1ccccc1. The number of benzene rings is 1. The minimum Gasteiger partial charge on any atom is -0.383 e. The molecule has 0 saturated heterocycles. The van der Waals surface area contributed by atoms with E-state index < -0.39 is 6.10 Å². The zero-order chi connectivity index (χ0) is 11.8. The maximum Gasteiger partial charge on any atom is 0.248 e. The van der Waals surface area contributed by atoms with Crippen LogP contribution in [0, 0.1) is 0 Å². The summed E-state index contributed by atoms with van der Waals surface area (Å²) in [6.07, 6.45) is 1.44. The molecule has 3 nitrogen and oxygen atoms in total. The molecule has 0 radical (unpaired) electrons. The highest BCUT2D eigenvalue weighted by atomic mass is 16.3. The summed E-state index contributed by atoms with van der Waals surface area (Å²) in [4.78, 5) is 11.2. The monoisotopic (exact) mass is 221 g/mol. The van der Waals surface area contributed by atoms with Crippen LogP contribution in [0.5, 0.6) is 0 Å². The van der Waals surface area contributed by atoms with Gasteiger partial charge in [0.15, 0.2) is 0 Å². The molecule has 1 atom stereocenters. The number of carbonyl (C=O) groups excluding carboxylic acids is 1. The molecular formula is C13H19NO2. The third-order valence-electron chi connectivity index (χ3n) is 2.47. The van der Waals surface area contributed by atoms with Crippen molar-refractivity contribution in [3.05, 3.63) is 35.9 Å². The molecule has 0 aliphatic rings. The summed E-state index contributed by atoms with van der Waals surface area (Å²) in [6, 6.07) is 10.2. The van der Waals surface area contributed by atoms with E-state index in [-0.39, 0.29) is 5.91 Å². The lowest BCUT2D eigenvalue weighted by Crippen LogP contribution is -2.34. The van der Waals surface area contributed by atoms with Crippen LogP contribution in [0.25, 0.3) is 0 Å². The molecular weight excluding hydrogens is 202 g/mol. The van der Waals surface area contributed by atoms with E-state index in [0.29, 0.717) is 13.0 Å². The van der Waals surface area contributed by atoms with Gasteiger partial charge >= 0.3 is 0 Å². The number of hydrogen-bond acceptors (Lipinski definition) is 2. The molecule has 3 heteroatoms. The van der Waals surface area contributed by atoms with Gasteiger partial charge in [0.05, 0.1) is 0 Å². The fraction of sp³-hybridized carbons (Fsp3) is 0.462. The Hall–Kier alpha value is -1.35. The van der Waals surface area contributed by atoms with E-state index in [1.165, 1.54) is 5.56 Å². The second-order valence-electron chi connectivity index (χ2n) is 3.80. The fourth-order valence-corrected chi connectivity index (χ4v) is 1.45. The van der Waals surface area contributed by atoms with Crippen LogP contribution in [-0.4, -0.2) is 23.7 Å². The molecule has 0 saturated carbocycles. The van der Waals surface area contributed by atoms with E-state index in [4.69, 9.17) is 0 Å². The zero-order valence-corrected chi connectivity index (χ0v) is 9.65. The number of amides is 1. The summed E-state index contributed by atoms with van der Waals surface area (Å²) in [5.41, 5.74) is 1.27. The average molecular weight is 221 g/mol. The van der Waals surface area contributed by atoms with Gasteiger partial charge in [-0.1, -0.05) is 37.3 Å². The largest absolute Gasteiger partial charge is 0.383 e. The summed E-state index contributed by atoms with van der Waals surface area (Å²) in [5, 5.41) is 11.9. The number of aryl methyl sites for hydroxylation is 1. The minimum atomic E-state index is -0.864. The van der Waals surface area contributed by atoms with Crippen molar-refractivity contribution in [3.8, 4) is 0 Å². The number of hydrogen-bond donors (Lipinski definition) is 2. The van der Waals surface area contributed by atoms with E-state index in [0.717, 1.165) is 12.8 Å². The molecule has 16 heavy (non-hydrogen) atoms. The van der Waals surface area contributed by atoms with Crippen molar-refractivity contribution in [1.29, 1.82) is 0 Å². The van der Waals surface area contributed by atoms with Crippen LogP contribution < -0.4 is 5.32 Å². The first-order valence-corrected chi connectivity index (χ1v) is 5.73. The first-order chi connectivity index (χ1) is 7.74. The number of aliphatic hydroxyl groups is 1. The van der Waals surface area contributed by atoms with Crippen LogP contribution in [-0.2, 0) is 11.2 Å². The average Bonchev–Trinajstić information content (AvgIpc) is 2.34. The highest BCUT2D eigenvalue weighted by molar-refractivity contribution is 5.80. The molecule has 2 N–H and O–H groups in total. The molecule has 1 amide bonds. The Bertz CT molecular complexity index is 311. The van der Waals surface area contributed by atoms with Crippen molar-refractivity contribution >= 4 is 5.91 Å². The molecule has 0 spiro atoms. The van der Waals surface area contributed by atoms with Gasteiger partial charge < -0.3 is 10.4 Å². The normalized spacial score (nSPS) is 12.1. The molecule has 88 valence electrons. The zero-order valence-electron chi connectivity index (χ0n) is 9.65. The smallest absolute Gasteiger partial charge is 0.248 e. The van der Waals surface area contributed by atoms with E-state index in [9.17, 15) is 9.90 Å². The quantitative estimate of drug-likeness (QED) is 0.715. The molecule has 0 aliphatic carbocycles. The molecule has 0 heterocycles. The summed E-state index contributed by atoms with van der Waals surface area (Å²) in [7, 11) is 0. The van der Waals surface area contributed by atoms with Crippen molar-refractivity contribution in [3.63, 3.8) is 0 Å². The van der Waals surface area contributed by atoms with Crippen molar-refractivity contribution in [2.24, 2.45) is 0 Å². The highest BCUT2D eigenvalue weighted by Gasteiger charge is 2.10. The molecule has 1 rings (SSSR count). The second kappa shape index (κ2) is 7.01. The summed E-state index contributed by atoms with van der Waals surface area (Å²) in [5.74, 6) is -0.268. The van der Waals surface area contributed by atoms with Crippen molar-refractivity contribution < 1.29 is 9.90 Å². The van der Waals surface area contributed by atoms with Gasteiger partial charge in [0, 0.05) is 6.54 Å². The number of carbonyl (C=O) groups is 1. The predicted molar refractivity (Wildman–Crippen MR) is 64.1 cm³/mol. The van der Waals surface area contributed by atoms with Crippen LogP contribution >= 0.6 is 0 Å². The summed E-state index contributed by atoms with van der Waals surface area (Å²) in [6.45, 7) is 2.40. The van der Waals surface area contributed by atoms with E-state index >= 15 is 0 Å². The standard InChI is InChI=1S/C13H19NO2/c1-2-12(15)13(16)14-10-6-9-11-7-4-3-5-8-11/h3-5,7-8,12,15H,2,6,9-10H2,1H3,(H,14,16). The van der Waals surface area contributed by atoms with Crippen LogP contribution in [0.2, 0.25) is 0 Å². The second-order valence-corrected chi connectivity index (χ2v) is 3.80. The first kappa shape index (κ1) is 12.7. The molecule has 0 fully saturated rings. The summed E-state index contributed by atoms with van der Waals surface area (Å²) < 4.78 is 0. The fourth-order valence-electron chi connectivity index (χ4n) is 1.45.